The summed E-state index contributed by atoms with van der Waals surface area (Å²) in [5.74, 6) is 0. The van der Waals surface area contributed by atoms with Gasteiger partial charge >= 0.3 is 0 Å². The maximum Gasteiger partial charge on any atom is 0.0635 e. The van der Waals surface area contributed by atoms with Crippen LogP contribution in [0.25, 0.3) is 0 Å². The summed E-state index contributed by atoms with van der Waals surface area (Å²) in [6, 6.07) is 2.16. The molecule has 0 radical (unpaired) electrons. The van der Waals surface area contributed by atoms with E-state index < -0.39 is 0 Å². The number of nitrogens with zero attached hydrogens (tertiary/aromatic N) is 2. The van der Waals surface area contributed by atoms with Gasteiger partial charge in [-0.2, -0.15) is 5.26 Å². The van der Waals surface area contributed by atoms with Crippen LogP contribution in [-0.2, 0) is 0 Å². The van der Waals surface area contributed by atoms with E-state index >= 15 is 0 Å². The van der Waals surface area contributed by atoms with Crippen LogP contribution in [0.4, 0.5) is 0 Å². The van der Waals surface area contributed by atoms with Crippen molar-refractivity contribution in [3.8, 4) is 6.07 Å². The molecule has 0 heterocycles. The van der Waals surface area contributed by atoms with Gasteiger partial charge in [-0.3, -0.25) is 0 Å². The second-order valence-electron chi connectivity index (χ2n) is 4.16. The Labute approximate surface area is 76.2 Å². The second kappa shape index (κ2) is 5.16. The molecule has 70 valence electrons. The first-order valence-electron chi connectivity index (χ1n) is 4.57. The Morgan fingerprint density at radius 1 is 1.42 bits per heavy atom. The van der Waals surface area contributed by atoms with Crippen molar-refractivity contribution in [3.63, 3.8) is 0 Å². The van der Waals surface area contributed by atoms with Crippen LogP contribution in [0.2, 0.25) is 0 Å². The van der Waals surface area contributed by atoms with Crippen molar-refractivity contribution >= 4 is 0 Å². The number of hydrogen-bond donors (Lipinski definition) is 0. The van der Waals surface area contributed by atoms with E-state index in [9.17, 15) is 0 Å². The molecule has 0 aliphatic heterocycles. The fourth-order valence-electron chi connectivity index (χ4n) is 1.16. The lowest BCUT2D eigenvalue weighted by atomic mass is 9.90. The molecule has 0 aromatic heterocycles. The number of hydrogen-bond acceptors (Lipinski definition) is 2. The molecule has 0 unspecified atom stereocenters. The van der Waals surface area contributed by atoms with Gasteiger partial charge in [0.05, 0.1) is 6.07 Å². The lowest BCUT2D eigenvalue weighted by Crippen LogP contribution is -2.31. The molecule has 0 bridgehead atoms. The zero-order chi connectivity index (χ0) is 9.61. The summed E-state index contributed by atoms with van der Waals surface area (Å²) in [6.07, 6.45) is 1.82. The molecule has 0 N–H and O–H groups in total. The smallest absolute Gasteiger partial charge is 0.0635 e. The van der Waals surface area contributed by atoms with E-state index in [-0.39, 0.29) is 0 Å². The van der Waals surface area contributed by atoms with E-state index in [1.807, 2.05) is 0 Å². The topological polar surface area (TPSA) is 27.0 Å². The predicted octanol–water partition coefficient (Wildman–Crippen LogP) is 2.27. The molecule has 0 aromatic carbocycles. The summed E-state index contributed by atoms with van der Waals surface area (Å²) in [4.78, 5) is 2.23. The maximum atomic E-state index is 8.39. The minimum Gasteiger partial charge on any atom is -0.305 e. The average Bonchev–Trinajstić information content (AvgIpc) is 2.00. The third-order valence-corrected chi connectivity index (χ3v) is 2.26. The standard InChI is InChI=1S/C10H20N2/c1-5-10(2,3)9-12(4)8-6-7-11/h5-6,8-9H2,1-4H3. The summed E-state index contributed by atoms with van der Waals surface area (Å²) < 4.78 is 0. The zero-order valence-electron chi connectivity index (χ0n) is 8.72. The van der Waals surface area contributed by atoms with Gasteiger partial charge in [-0.05, 0) is 18.9 Å². The quantitative estimate of drug-likeness (QED) is 0.629. The van der Waals surface area contributed by atoms with Gasteiger partial charge in [-0.1, -0.05) is 20.8 Å². The van der Waals surface area contributed by atoms with Gasteiger partial charge in [0.1, 0.15) is 0 Å². The maximum absolute atomic E-state index is 8.39. The zero-order valence-corrected chi connectivity index (χ0v) is 8.72. The number of rotatable bonds is 5. The molecule has 12 heavy (non-hydrogen) atoms. The van der Waals surface area contributed by atoms with E-state index in [4.69, 9.17) is 5.26 Å². The van der Waals surface area contributed by atoms with Gasteiger partial charge in [0.25, 0.3) is 0 Å². The van der Waals surface area contributed by atoms with Crippen LogP contribution in [0.1, 0.15) is 33.6 Å². The van der Waals surface area contributed by atoms with Gasteiger partial charge in [0.2, 0.25) is 0 Å². The van der Waals surface area contributed by atoms with Crippen molar-refractivity contribution in [2.45, 2.75) is 33.6 Å². The van der Waals surface area contributed by atoms with Crippen molar-refractivity contribution in [2.75, 3.05) is 20.1 Å². The van der Waals surface area contributed by atoms with E-state index in [2.05, 4.69) is 38.8 Å². The highest BCUT2D eigenvalue weighted by Crippen LogP contribution is 2.20. The Hall–Kier alpha value is -0.550. The van der Waals surface area contributed by atoms with Crippen molar-refractivity contribution in [1.82, 2.24) is 4.90 Å². The predicted molar refractivity (Wildman–Crippen MR) is 51.8 cm³/mol. The van der Waals surface area contributed by atoms with Crippen molar-refractivity contribution in [3.05, 3.63) is 0 Å². The van der Waals surface area contributed by atoms with Crippen molar-refractivity contribution in [1.29, 1.82) is 5.26 Å². The van der Waals surface area contributed by atoms with Crippen LogP contribution >= 0.6 is 0 Å². The fraction of sp³-hybridized carbons (Fsp3) is 0.900. The third kappa shape index (κ3) is 5.15. The Morgan fingerprint density at radius 3 is 2.42 bits per heavy atom. The summed E-state index contributed by atoms with van der Waals surface area (Å²) >= 11 is 0. The lowest BCUT2D eigenvalue weighted by Gasteiger charge is -2.28. The first-order valence-corrected chi connectivity index (χ1v) is 4.57. The van der Waals surface area contributed by atoms with Crippen LogP contribution in [0, 0.1) is 16.7 Å². The minimum atomic E-state index is 0.379. The molecule has 0 saturated heterocycles. The van der Waals surface area contributed by atoms with E-state index in [1.54, 1.807) is 0 Å². The van der Waals surface area contributed by atoms with Crippen LogP contribution in [-0.4, -0.2) is 25.0 Å². The van der Waals surface area contributed by atoms with Gasteiger partial charge < -0.3 is 4.90 Å². The highest BCUT2D eigenvalue weighted by molar-refractivity contribution is 4.75. The normalized spacial score (nSPS) is 11.7. The molecular formula is C10H20N2. The molecule has 0 saturated carbocycles. The Balaban J connectivity index is 3.69. The van der Waals surface area contributed by atoms with Gasteiger partial charge in [-0.25, -0.2) is 0 Å². The second-order valence-corrected chi connectivity index (χ2v) is 4.16. The molecule has 0 amide bonds. The monoisotopic (exact) mass is 168 g/mol. The van der Waals surface area contributed by atoms with Gasteiger partial charge in [0.15, 0.2) is 0 Å². The fourth-order valence-corrected chi connectivity index (χ4v) is 1.16. The Bertz CT molecular complexity index is 156. The van der Waals surface area contributed by atoms with E-state index in [0.717, 1.165) is 13.1 Å². The molecule has 0 atom stereocenters. The van der Waals surface area contributed by atoms with Crippen LogP contribution in [0.5, 0.6) is 0 Å². The van der Waals surface area contributed by atoms with Crippen LogP contribution in [0.3, 0.4) is 0 Å². The third-order valence-electron chi connectivity index (χ3n) is 2.26. The SMILES string of the molecule is CCC(C)(C)CN(C)CCC#N. The van der Waals surface area contributed by atoms with Gasteiger partial charge in [-0.15, -0.1) is 0 Å². The first kappa shape index (κ1) is 11.4. The Kier molecular flexibility index (Phi) is 4.92. The van der Waals surface area contributed by atoms with Crippen LogP contribution in [0.15, 0.2) is 0 Å². The summed E-state index contributed by atoms with van der Waals surface area (Å²) in [5, 5.41) is 8.39. The molecule has 0 rings (SSSR count). The molecule has 0 aliphatic carbocycles. The highest BCUT2D eigenvalue weighted by Gasteiger charge is 2.16. The average molecular weight is 168 g/mol. The summed E-state index contributed by atoms with van der Waals surface area (Å²) in [6.45, 7) is 8.69. The summed E-state index contributed by atoms with van der Waals surface area (Å²) in [7, 11) is 2.08. The van der Waals surface area contributed by atoms with Crippen LogP contribution < -0.4 is 0 Å². The highest BCUT2D eigenvalue weighted by atomic mass is 15.1. The summed E-state index contributed by atoms with van der Waals surface area (Å²) in [5.41, 5.74) is 0.379. The van der Waals surface area contributed by atoms with Crippen molar-refractivity contribution < 1.29 is 0 Å². The molecule has 0 aliphatic rings. The van der Waals surface area contributed by atoms with E-state index in [0.29, 0.717) is 11.8 Å². The van der Waals surface area contributed by atoms with Gasteiger partial charge in [0, 0.05) is 19.5 Å². The molecular weight excluding hydrogens is 148 g/mol. The molecule has 2 heteroatoms. The molecule has 0 aromatic rings. The molecule has 0 spiro atoms. The molecule has 0 fully saturated rings. The minimum absolute atomic E-state index is 0.379. The first-order chi connectivity index (χ1) is 5.52. The number of nitriles is 1. The van der Waals surface area contributed by atoms with Crippen molar-refractivity contribution in [2.24, 2.45) is 5.41 Å². The largest absolute Gasteiger partial charge is 0.305 e. The Morgan fingerprint density at radius 2 is 2.00 bits per heavy atom. The molecule has 2 nitrogen and oxygen atoms in total. The lowest BCUT2D eigenvalue weighted by molar-refractivity contribution is 0.207. The van der Waals surface area contributed by atoms with E-state index in [1.165, 1.54) is 6.42 Å².